The first-order chi connectivity index (χ1) is 8.12. The van der Waals surface area contributed by atoms with E-state index in [-0.39, 0.29) is 10.6 Å². The molecule has 0 atom stereocenters. The van der Waals surface area contributed by atoms with Crippen LogP contribution < -0.4 is 5.73 Å². The smallest absolute Gasteiger partial charge is 0.245 e. The summed E-state index contributed by atoms with van der Waals surface area (Å²) >= 11 is 0. The van der Waals surface area contributed by atoms with Crippen molar-refractivity contribution in [3.8, 4) is 0 Å². The van der Waals surface area contributed by atoms with Gasteiger partial charge in [0, 0.05) is 19.7 Å². The molecule has 1 aromatic carbocycles. The van der Waals surface area contributed by atoms with E-state index in [4.69, 9.17) is 10.5 Å². The standard InChI is InChI=1S/C11H16N2O3S/c12-10-4-1-2-5-11(10)17(14,15)13-6-3-8-16-9-7-13/h1-2,4-5H,3,6-9,12H2. The van der Waals surface area contributed by atoms with Crippen molar-refractivity contribution in [1.82, 2.24) is 4.31 Å². The quantitative estimate of drug-likeness (QED) is 0.790. The average molecular weight is 256 g/mol. The van der Waals surface area contributed by atoms with Crippen LogP contribution in [-0.2, 0) is 14.8 Å². The molecule has 0 unspecified atom stereocenters. The summed E-state index contributed by atoms with van der Waals surface area (Å²) in [4.78, 5) is 0.182. The molecule has 0 aliphatic carbocycles. The highest BCUT2D eigenvalue weighted by atomic mass is 32.2. The number of anilines is 1. The van der Waals surface area contributed by atoms with E-state index in [1.165, 1.54) is 10.4 Å². The predicted molar refractivity (Wildman–Crippen MR) is 65.0 cm³/mol. The van der Waals surface area contributed by atoms with Crippen LogP contribution >= 0.6 is 0 Å². The lowest BCUT2D eigenvalue weighted by molar-refractivity contribution is 0.148. The number of nitrogen functional groups attached to an aromatic ring is 1. The van der Waals surface area contributed by atoms with E-state index in [0.29, 0.717) is 32.7 Å². The molecule has 0 aromatic heterocycles. The van der Waals surface area contributed by atoms with E-state index in [1.54, 1.807) is 18.2 Å². The zero-order valence-electron chi connectivity index (χ0n) is 9.50. The third kappa shape index (κ3) is 2.59. The monoisotopic (exact) mass is 256 g/mol. The van der Waals surface area contributed by atoms with Gasteiger partial charge >= 0.3 is 0 Å². The van der Waals surface area contributed by atoms with Crippen LogP contribution in [0.2, 0.25) is 0 Å². The maximum absolute atomic E-state index is 12.4. The molecule has 0 spiro atoms. The summed E-state index contributed by atoms with van der Waals surface area (Å²) in [5, 5.41) is 0. The van der Waals surface area contributed by atoms with E-state index < -0.39 is 10.0 Å². The Balaban J connectivity index is 2.32. The summed E-state index contributed by atoms with van der Waals surface area (Å²) in [6.45, 7) is 1.91. The van der Waals surface area contributed by atoms with Gasteiger partial charge in [-0.1, -0.05) is 12.1 Å². The number of ether oxygens (including phenoxy) is 1. The summed E-state index contributed by atoms with van der Waals surface area (Å²) in [6.07, 6.45) is 0.714. The Bertz CT molecular complexity index is 479. The Labute approximate surface area is 101 Å². The Morgan fingerprint density at radius 2 is 1.94 bits per heavy atom. The fourth-order valence-electron chi connectivity index (χ4n) is 1.82. The van der Waals surface area contributed by atoms with E-state index in [0.717, 1.165) is 0 Å². The van der Waals surface area contributed by atoms with Crippen LogP contribution in [0.4, 0.5) is 5.69 Å². The van der Waals surface area contributed by atoms with Crippen molar-refractivity contribution in [2.45, 2.75) is 11.3 Å². The minimum absolute atomic E-state index is 0.182. The highest BCUT2D eigenvalue weighted by Crippen LogP contribution is 2.22. The second kappa shape index (κ2) is 5.03. The summed E-state index contributed by atoms with van der Waals surface area (Å²) in [5.41, 5.74) is 6.00. The molecule has 1 fully saturated rings. The predicted octanol–water partition coefficient (Wildman–Crippen LogP) is 0.680. The molecule has 1 aromatic rings. The molecule has 0 bridgehead atoms. The van der Waals surface area contributed by atoms with Gasteiger partial charge in [0.2, 0.25) is 10.0 Å². The van der Waals surface area contributed by atoms with E-state index in [9.17, 15) is 8.42 Å². The molecule has 2 rings (SSSR count). The molecule has 94 valence electrons. The molecule has 0 amide bonds. The number of hydrogen-bond donors (Lipinski definition) is 1. The summed E-state index contributed by atoms with van der Waals surface area (Å²) in [6, 6.07) is 6.54. The molecule has 1 heterocycles. The number of hydrogen-bond acceptors (Lipinski definition) is 4. The SMILES string of the molecule is Nc1ccccc1S(=O)(=O)N1CCCOCC1. The van der Waals surface area contributed by atoms with Crippen LogP contribution in [0.25, 0.3) is 0 Å². The van der Waals surface area contributed by atoms with Gasteiger partial charge < -0.3 is 10.5 Å². The van der Waals surface area contributed by atoms with Crippen molar-refractivity contribution in [3.05, 3.63) is 24.3 Å². The van der Waals surface area contributed by atoms with Crippen LogP contribution in [-0.4, -0.2) is 39.0 Å². The third-order valence-corrected chi connectivity index (χ3v) is 4.69. The van der Waals surface area contributed by atoms with Crippen molar-refractivity contribution < 1.29 is 13.2 Å². The van der Waals surface area contributed by atoms with Gasteiger partial charge in [-0.05, 0) is 18.6 Å². The molecule has 0 radical (unpaired) electrons. The summed E-state index contributed by atoms with van der Waals surface area (Å²) in [5.74, 6) is 0. The van der Waals surface area contributed by atoms with Crippen LogP contribution in [0.5, 0.6) is 0 Å². The van der Waals surface area contributed by atoms with Gasteiger partial charge in [-0.3, -0.25) is 0 Å². The zero-order chi connectivity index (χ0) is 12.3. The Kier molecular flexibility index (Phi) is 3.66. The number of benzene rings is 1. The Morgan fingerprint density at radius 3 is 2.71 bits per heavy atom. The topological polar surface area (TPSA) is 72.6 Å². The normalized spacial score (nSPS) is 18.8. The highest BCUT2D eigenvalue weighted by Gasteiger charge is 2.26. The van der Waals surface area contributed by atoms with Crippen LogP contribution in [0, 0.1) is 0 Å². The number of sulfonamides is 1. The largest absolute Gasteiger partial charge is 0.398 e. The maximum atomic E-state index is 12.4. The minimum Gasteiger partial charge on any atom is -0.398 e. The second-order valence-electron chi connectivity index (χ2n) is 3.91. The highest BCUT2D eigenvalue weighted by molar-refractivity contribution is 7.89. The minimum atomic E-state index is -3.49. The fraction of sp³-hybridized carbons (Fsp3) is 0.455. The molecule has 1 saturated heterocycles. The Morgan fingerprint density at radius 1 is 1.18 bits per heavy atom. The molecule has 1 aliphatic rings. The molecule has 0 saturated carbocycles. The van der Waals surface area contributed by atoms with Crippen molar-refractivity contribution in [3.63, 3.8) is 0 Å². The van der Waals surface area contributed by atoms with Crippen molar-refractivity contribution in [2.75, 3.05) is 32.0 Å². The summed E-state index contributed by atoms with van der Waals surface area (Å²) in [7, 11) is -3.49. The van der Waals surface area contributed by atoms with Gasteiger partial charge in [0.15, 0.2) is 0 Å². The van der Waals surface area contributed by atoms with Crippen molar-refractivity contribution in [1.29, 1.82) is 0 Å². The van der Waals surface area contributed by atoms with Gasteiger partial charge in [-0.2, -0.15) is 4.31 Å². The molecule has 17 heavy (non-hydrogen) atoms. The lowest BCUT2D eigenvalue weighted by atomic mass is 10.3. The molecular formula is C11H16N2O3S. The number of rotatable bonds is 2. The number of para-hydroxylation sites is 1. The second-order valence-corrected chi connectivity index (χ2v) is 5.81. The maximum Gasteiger partial charge on any atom is 0.245 e. The fourth-order valence-corrected chi connectivity index (χ4v) is 3.40. The van der Waals surface area contributed by atoms with E-state index in [2.05, 4.69) is 0 Å². The number of nitrogens with two attached hydrogens (primary N) is 1. The average Bonchev–Trinajstić information content (AvgIpc) is 2.58. The van der Waals surface area contributed by atoms with E-state index >= 15 is 0 Å². The molecule has 1 aliphatic heterocycles. The van der Waals surface area contributed by atoms with Gasteiger partial charge in [0.1, 0.15) is 4.90 Å². The lowest BCUT2D eigenvalue weighted by Crippen LogP contribution is -2.33. The Hall–Kier alpha value is -1.11. The van der Waals surface area contributed by atoms with Crippen LogP contribution in [0.3, 0.4) is 0 Å². The van der Waals surface area contributed by atoms with Crippen molar-refractivity contribution in [2.24, 2.45) is 0 Å². The van der Waals surface area contributed by atoms with Gasteiger partial charge in [0.25, 0.3) is 0 Å². The van der Waals surface area contributed by atoms with Crippen molar-refractivity contribution >= 4 is 15.7 Å². The molecular weight excluding hydrogens is 240 g/mol. The van der Waals surface area contributed by atoms with Gasteiger partial charge in [-0.25, -0.2) is 8.42 Å². The first-order valence-corrected chi connectivity index (χ1v) is 6.99. The van der Waals surface area contributed by atoms with Gasteiger partial charge in [-0.15, -0.1) is 0 Å². The summed E-state index contributed by atoms with van der Waals surface area (Å²) < 4.78 is 31.4. The van der Waals surface area contributed by atoms with Crippen LogP contribution in [0.1, 0.15) is 6.42 Å². The van der Waals surface area contributed by atoms with Gasteiger partial charge in [0.05, 0.1) is 12.3 Å². The number of nitrogens with zero attached hydrogens (tertiary/aromatic N) is 1. The lowest BCUT2D eigenvalue weighted by Gasteiger charge is -2.20. The first-order valence-electron chi connectivity index (χ1n) is 5.55. The third-order valence-electron chi connectivity index (χ3n) is 2.72. The molecule has 6 heteroatoms. The molecule has 2 N–H and O–H groups in total. The zero-order valence-corrected chi connectivity index (χ0v) is 10.3. The first kappa shape index (κ1) is 12.3. The molecule has 5 nitrogen and oxygen atoms in total. The van der Waals surface area contributed by atoms with E-state index in [1.807, 2.05) is 0 Å². The van der Waals surface area contributed by atoms with Crippen LogP contribution in [0.15, 0.2) is 29.2 Å².